The highest BCUT2D eigenvalue weighted by molar-refractivity contribution is 6.01. The molecule has 4 heteroatoms. The SMILES string of the molecule is CCCC1CC1n1c(C2CC2)nc2c(C(=O)O)cccc21. The second kappa shape index (κ2) is 4.58. The van der Waals surface area contributed by atoms with Crippen LogP contribution in [0.2, 0.25) is 0 Å². The van der Waals surface area contributed by atoms with Crippen molar-refractivity contribution >= 4 is 17.0 Å². The monoisotopic (exact) mass is 284 g/mol. The molecule has 1 aromatic heterocycles. The Morgan fingerprint density at radius 1 is 1.43 bits per heavy atom. The summed E-state index contributed by atoms with van der Waals surface area (Å²) in [5.41, 5.74) is 2.02. The Hall–Kier alpha value is -1.84. The first-order valence-electron chi connectivity index (χ1n) is 7.94. The number of rotatable bonds is 5. The average molecular weight is 284 g/mol. The van der Waals surface area contributed by atoms with Crippen LogP contribution in [0.1, 0.15) is 67.2 Å². The number of fused-ring (bicyclic) bond motifs is 1. The minimum absolute atomic E-state index is 0.334. The summed E-state index contributed by atoms with van der Waals surface area (Å²) in [7, 11) is 0. The number of imidazole rings is 1. The number of para-hydroxylation sites is 1. The molecular formula is C17H20N2O2. The van der Waals surface area contributed by atoms with Crippen molar-refractivity contribution in [1.82, 2.24) is 9.55 Å². The maximum Gasteiger partial charge on any atom is 0.337 e. The standard InChI is InChI=1S/C17H20N2O2/c1-2-4-11-9-14(11)19-13-6-3-5-12(17(20)21)15(13)18-16(19)10-7-8-10/h3,5-6,10-11,14H,2,4,7-9H2,1H3,(H,20,21). The average Bonchev–Trinajstić information content (AvgIpc) is 3.37. The van der Waals surface area contributed by atoms with Crippen molar-refractivity contribution in [3.05, 3.63) is 29.6 Å². The lowest BCUT2D eigenvalue weighted by Gasteiger charge is -2.08. The van der Waals surface area contributed by atoms with Gasteiger partial charge in [-0.2, -0.15) is 0 Å². The Balaban J connectivity index is 1.86. The van der Waals surface area contributed by atoms with Crippen molar-refractivity contribution in [1.29, 1.82) is 0 Å². The van der Waals surface area contributed by atoms with Crippen LogP contribution in [0.25, 0.3) is 11.0 Å². The van der Waals surface area contributed by atoms with Gasteiger partial charge in [0, 0.05) is 12.0 Å². The molecule has 1 aromatic carbocycles. The van der Waals surface area contributed by atoms with Gasteiger partial charge in [0.1, 0.15) is 11.3 Å². The fourth-order valence-corrected chi connectivity index (χ4v) is 3.51. The fraction of sp³-hybridized carbons (Fsp3) is 0.529. The molecule has 110 valence electrons. The van der Waals surface area contributed by atoms with E-state index >= 15 is 0 Å². The van der Waals surface area contributed by atoms with Gasteiger partial charge in [0.2, 0.25) is 0 Å². The van der Waals surface area contributed by atoms with Crippen molar-refractivity contribution in [2.24, 2.45) is 5.92 Å². The maximum atomic E-state index is 11.4. The normalized spacial score (nSPS) is 24.4. The molecule has 1 heterocycles. The summed E-state index contributed by atoms with van der Waals surface area (Å²) >= 11 is 0. The summed E-state index contributed by atoms with van der Waals surface area (Å²) in [5.74, 6) is 1.54. The van der Waals surface area contributed by atoms with E-state index in [1.807, 2.05) is 12.1 Å². The van der Waals surface area contributed by atoms with Crippen molar-refractivity contribution in [3.63, 3.8) is 0 Å². The van der Waals surface area contributed by atoms with E-state index in [4.69, 9.17) is 4.98 Å². The molecule has 2 saturated carbocycles. The minimum Gasteiger partial charge on any atom is -0.478 e. The summed E-state index contributed by atoms with van der Waals surface area (Å²) in [4.78, 5) is 16.2. The van der Waals surface area contributed by atoms with Crippen molar-refractivity contribution in [3.8, 4) is 0 Å². The molecule has 2 unspecified atom stereocenters. The molecule has 2 aliphatic carbocycles. The lowest BCUT2D eigenvalue weighted by molar-refractivity contribution is 0.0699. The number of hydrogen-bond acceptors (Lipinski definition) is 2. The van der Waals surface area contributed by atoms with E-state index < -0.39 is 5.97 Å². The second-order valence-electron chi connectivity index (χ2n) is 6.44. The van der Waals surface area contributed by atoms with Gasteiger partial charge < -0.3 is 9.67 Å². The lowest BCUT2D eigenvalue weighted by Crippen LogP contribution is -2.02. The first-order chi connectivity index (χ1) is 10.2. The van der Waals surface area contributed by atoms with E-state index in [2.05, 4.69) is 11.5 Å². The van der Waals surface area contributed by atoms with Gasteiger partial charge in [0.05, 0.1) is 11.1 Å². The van der Waals surface area contributed by atoms with Gasteiger partial charge in [-0.15, -0.1) is 0 Å². The van der Waals surface area contributed by atoms with E-state index in [1.165, 1.54) is 32.1 Å². The Morgan fingerprint density at radius 2 is 2.24 bits per heavy atom. The van der Waals surface area contributed by atoms with Crippen molar-refractivity contribution in [2.75, 3.05) is 0 Å². The summed E-state index contributed by atoms with van der Waals surface area (Å²) in [6, 6.07) is 6.07. The number of aromatic nitrogens is 2. The Kier molecular flexibility index (Phi) is 2.81. The second-order valence-corrected chi connectivity index (χ2v) is 6.44. The molecule has 0 amide bonds. The van der Waals surface area contributed by atoms with Gasteiger partial charge in [-0.3, -0.25) is 0 Å². The molecule has 0 spiro atoms. The zero-order valence-electron chi connectivity index (χ0n) is 12.2. The number of carboxylic acids is 1. The molecule has 2 aromatic rings. The van der Waals surface area contributed by atoms with Crippen LogP contribution in [0.4, 0.5) is 0 Å². The molecule has 0 aliphatic heterocycles. The molecule has 0 radical (unpaired) electrons. The topological polar surface area (TPSA) is 55.1 Å². The van der Waals surface area contributed by atoms with E-state index in [0.717, 1.165) is 17.3 Å². The number of carbonyl (C=O) groups is 1. The summed E-state index contributed by atoms with van der Waals surface area (Å²) in [6.45, 7) is 2.23. The third kappa shape index (κ3) is 2.04. The first-order valence-corrected chi connectivity index (χ1v) is 7.94. The number of nitrogens with zero attached hydrogens (tertiary/aromatic N) is 2. The Labute approximate surface area is 123 Å². The molecular weight excluding hydrogens is 264 g/mol. The number of benzene rings is 1. The van der Waals surface area contributed by atoms with Crippen LogP contribution in [0, 0.1) is 5.92 Å². The Bertz CT molecular complexity index is 715. The zero-order valence-corrected chi connectivity index (χ0v) is 12.2. The number of hydrogen-bond donors (Lipinski definition) is 1. The van der Waals surface area contributed by atoms with Gasteiger partial charge in [-0.05, 0) is 43.7 Å². The lowest BCUT2D eigenvalue weighted by atomic mass is 10.2. The number of aromatic carboxylic acids is 1. The van der Waals surface area contributed by atoms with E-state index in [1.54, 1.807) is 6.07 Å². The van der Waals surface area contributed by atoms with Crippen LogP contribution in [0.15, 0.2) is 18.2 Å². The molecule has 2 aliphatic rings. The van der Waals surface area contributed by atoms with Gasteiger partial charge >= 0.3 is 5.97 Å². The smallest absolute Gasteiger partial charge is 0.337 e. The van der Waals surface area contributed by atoms with Crippen LogP contribution in [-0.4, -0.2) is 20.6 Å². The molecule has 0 bridgehead atoms. The highest BCUT2D eigenvalue weighted by Gasteiger charge is 2.42. The van der Waals surface area contributed by atoms with Gasteiger partial charge in [0.25, 0.3) is 0 Å². The van der Waals surface area contributed by atoms with Crippen LogP contribution < -0.4 is 0 Å². The predicted octanol–water partition coefficient (Wildman–Crippen LogP) is 3.97. The number of carboxylic acid groups (broad SMARTS) is 1. The quantitative estimate of drug-likeness (QED) is 0.903. The molecule has 2 fully saturated rings. The third-order valence-electron chi connectivity index (χ3n) is 4.80. The molecule has 1 N–H and O–H groups in total. The molecule has 4 nitrogen and oxygen atoms in total. The first kappa shape index (κ1) is 12.9. The minimum atomic E-state index is -0.881. The summed E-state index contributed by atoms with van der Waals surface area (Å²) in [5, 5.41) is 9.38. The zero-order chi connectivity index (χ0) is 14.6. The van der Waals surface area contributed by atoms with Gasteiger partial charge in [-0.25, -0.2) is 9.78 Å². The summed E-state index contributed by atoms with van der Waals surface area (Å²) in [6.07, 6.45) is 6.07. The van der Waals surface area contributed by atoms with E-state index in [-0.39, 0.29) is 0 Å². The Morgan fingerprint density at radius 3 is 2.90 bits per heavy atom. The largest absolute Gasteiger partial charge is 0.478 e. The highest BCUT2D eigenvalue weighted by atomic mass is 16.4. The van der Waals surface area contributed by atoms with Crippen LogP contribution in [-0.2, 0) is 0 Å². The van der Waals surface area contributed by atoms with Crippen molar-refractivity contribution < 1.29 is 9.90 Å². The van der Waals surface area contributed by atoms with Gasteiger partial charge in [-0.1, -0.05) is 19.4 Å². The van der Waals surface area contributed by atoms with E-state index in [0.29, 0.717) is 23.0 Å². The van der Waals surface area contributed by atoms with Crippen LogP contribution in [0.5, 0.6) is 0 Å². The molecule has 21 heavy (non-hydrogen) atoms. The third-order valence-corrected chi connectivity index (χ3v) is 4.80. The van der Waals surface area contributed by atoms with E-state index in [9.17, 15) is 9.90 Å². The van der Waals surface area contributed by atoms with Gasteiger partial charge in [0.15, 0.2) is 0 Å². The van der Waals surface area contributed by atoms with Crippen LogP contribution in [0.3, 0.4) is 0 Å². The van der Waals surface area contributed by atoms with Crippen LogP contribution >= 0.6 is 0 Å². The summed E-state index contributed by atoms with van der Waals surface area (Å²) < 4.78 is 2.36. The van der Waals surface area contributed by atoms with Crippen molar-refractivity contribution in [2.45, 2.75) is 51.0 Å². The predicted molar refractivity (Wildman–Crippen MR) is 80.7 cm³/mol. The fourth-order valence-electron chi connectivity index (χ4n) is 3.51. The molecule has 4 rings (SSSR count). The highest BCUT2D eigenvalue weighted by Crippen LogP contribution is 2.51. The maximum absolute atomic E-state index is 11.4. The molecule has 0 saturated heterocycles. The molecule has 2 atom stereocenters.